The van der Waals surface area contributed by atoms with E-state index in [9.17, 15) is 0 Å². The molecule has 5 nitrogen and oxygen atoms in total. The first-order valence-electron chi connectivity index (χ1n) is 17.8. The van der Waals surface area contributed by atoms with Crippen molar-refractivity contribution < 1.29 is 4.74 Å². The second kappa shape index (κ2) is 11.7. The van der Waals surface area contributed by atoms with Crippen LogP contribution in [0.5, 0.6) is 11.5 Å². The summed E-state index contributed by atoms with van der Waals surface area (Å²) in [6, 6.07) is 63.7. The Morgan fingerprint density at radius 1 is 0.415 bits per heavy atom. The molecule has 0 spiro atoms. The summed E-state index contributed by atoms with van der Waals surface area (Å²) in [5, 5.41) is 5.73. The van der Waals surface area contributed by atoms with Crippen LogP contribution in [0.3, 0.4) is 0 Å². The van der Waals surface area contributed by atoms with Gasteiger partial charge in [0.15, 0.2) is 11.5 Å². The lowest BCUT2D eigenvalue weighted by atomic mass is 10.0. The topological polar surface area (TPSA) is 43.2 Å². The van der Waals surface area contributed by atoms with Crippen LogP contribution in [-0.4, -0.2) is 14.5 Å². The van der Waals surface area contributed by atoms with E-state index in [1.54, 1.807) is 0 Å². The number of benzene rings is 8. The molecule has 0 radical (unpaired) electrons. The zero-order valence-corrected chi connectivity index (χ0v) is 28.5. The largest absolute Gasteiger partial charge is 0.453 e. The minimum absolute atomic E-state index is 0.649. The van der Waals surface area contributed by atoms with E-state index >= 15 is 0 Å². The maximum atomic E-state index is 6.62. The number of aromatic nitrogens is 3. The average molecular weight is 679 g/mol. The molecule has 0 saturated heterocycles. The van der Waals surface area contributed by atoms with Gasteiger partial charge in [-0.05, 0) is 82.6 Å². The monoisotopic (exact) mass is 678 g/mol. The molecule has 2 aromatic heterocycles. The van der Waals surface area contributed by atoms with E-state index < -0.39 is 0 Å². The third-order valence-corrected chi connectivity index (χ3v) is 10.4. The van der Waals surface area contributed by atoms with Gasteiger partial charge in [-0.3, -0.25) is 4.57 Å². The Balaban J connectivity index is 1.06. The number of fused-ring (bicyclic) bond motifs is 7. The summed E-state index contributed by atoms with van der Waals surface area (Å²) in [5.41, 5.74) is 10.3. The zero-order chi connectivity index (χ0) is 34.9. The number of nitrogens with zero attached hydrogens (tertiary/aromatic N) is 4. The fourth-order valence-electron chi connectivity index (χ4n) is 7.88. The van der Waals surface area contributed by atoms with Crippen molar-refractivity contribution in [3.63, 3.8) is 0 Å². The zero-order valence-electron chi connectivity index (χ0n) is 28.5. The van der Waals surface area contributed by atoms with Crippen LogP contribution in [0.4, 0.5) is 17.1 Å². The SMILES string of the molecule is c1ccc(-c2nc(-n3c4ccccc4c4cc(-c5ccc6c(c5)Oc5ccccc5N6c5ccc6ccccc6c5)ccc43)nc3ccccc23)cc1. The third kappa shape index (κ3) is 4.71. The number of ether oxygens (including phenoxy) is 1. The van der Waals surface area contributed by atoms with Gasteiger partial charge in [0.25, 0.3) is 0 Å². The number of para-hydroxylation sites is 4. The number of anilines is 3. The van der Waals surface area contributed by atoms with Crippen molar-refractivity contribution in [2.75, 3.05) is 4.90 Å². The Morgan fingerprint density at radius 2 is 1.11 bits per heavy atom. The molecule has 0 fully saturated rings. The molecule has 1 aliphatic rings. The first-order chi connectivity index (χ1) is 26.3. The van der Waals surface area contributed by atoms with E-state index in [2.05, 4.69) is 161 Å². The molecular formula is C48H30N4O. The van der Waals surface area contributed by atoms with E-state index in [1.165, 1.54) is 10.8 Å². The summed E-state index contributed by atoms with van der Waals surface area (Å²) in [6.07, 6.45) is 0. The lowest BCUT2D eigenvalue weighted by Gasteiger charge is -2.33. The maximum absolute atomic E-state index is 6.62. The summed E-state index contributed by atoms with van der Waals surface area (Å²) < 4.78 is 8.82. The highest BCUT2D eigenvalue weighted by Gasteiger charge is 2.26. The van der Waals surface area contributed by atoms with Gasteiger partial charge in [-0.15, -0.1) is 0 Å². The van der Waals surface area contributed by atoms with Gasteiger partial charge in [0.1, 0.15) is 0 Å². The van der Waals surface area contributed by atoms with Crippen LogP contribution in [0.25, 0.3) is 71.8 Å². The molecule has 0 unspecified atom stereocenters. The molecule has 248 valence electrons. The molecule has 0 atom stereocenters. The molecule has 0 bridgehead atoms. The fraction of sp³-hybridized carbons (Fsp3) is 0. The van der Waals surface area contributed by atoms with Crippen LogP contribution in [0, 0.1) is 0 Å². The molecule has 3 heterocycles. The van der Waals surface area contributed by atoms with Crippen LogP contribution in [0.2, 0.25) is 0 Å². The van der Waals surface area contributed by atoms with E-state index in [0.717, 1.165) is 83.7 Å². The Bertz CT molecular complexity index is 3060. The maximum Gasteiger partial charge on any atom is 0.235 e. The summed E-state index contributed by atoms with van der Waals surface area (Å²) >= 11 is 0. The molecule has 0 saturated carbocycles. The first kappa shape index (κ1) is 29.5. The molecule has 10 aromatic rings. The van der Waals surface area contributed by atoms with Crippen LogP contribution < -0.4 is 9.64 Å². The second-order valence-corrected chi connectivity index (χ2v) is 13.5. The van der Waals surface area contributed by atoms with Gasteiger partial charge < -0.3 is 9.64 Å². The Labute approximate surface area is 305 Å². The van der Waals surface area contributed by atoms with Gasteiger partial charge in [-0.1, -0.05) is 121 Å². The molecule has 0 amide bonds. The summed E-state index contributed by atoms with van der Waals surface area (Å²) in [4.78, 5) is 12.7. The van der Waals surface area contributed by atoms with Gasteiger partial charge in [0.2, 0.25) is 5.95 Å². The Kier molecular flexibility index (Phi) is 6.48. The molecular weight excluding hydrogens is 649 g/mol. The normalized spacial score (nSPS) is 12.3. The summed E-state index contributed by atoms with van der Waals surface area (Å²) in [5.74, 6) is 2.29. The van der Waals surface area contributed by atoms with Gasteiger partial charge >= 0.3 is 0 Å². The van der Waals surface area contributed by atoms with Crippen molar-refractivity contribution in [1.29, 1.82) is 0 Å². The van der Waals surface area contributed by atoms with Crippen LogP contribution >= 0.6 is 0 Å². The minimum atomic E-state index is 0.649. The Hall–Kier alpha value is -7.24. The lowest BCUT2D eigenvalue weighted by Crippen LogP contribution is -2.15. The smallest absolute Gasteiger partial charge is 0.235 e. The van der Waals surface area contributed by atoms with Gasteiger partial charge in [-0.2, -0.15) is 0 Å². The third-order valence-electron chi connectivity index (χ3n) is 10.4. The highest BCUT2D eigenvalue weighted by Crippen LogP contribution is 2.51. The van der Waals surface area contributed by atoms with E-state index in [0.29, 0.717) is 5.95 Å². The molecule has 11 rings (SSSR count). The standard InChI is InChI=1S/C48H30N4O/c1-2-13-32(14-3-1)47-38-17-6-8-18-40(38)49-48(50-47)52-41-19-9-7-16-37(41)39-29-34(23-26-42(39)52)35-24-27-44-46(30-35)53-45-21-11-10-20-43(45)51(44)36-25-22-31-12-4-5-15-33(31)28-36/h1-30H. The predicted molar refractivity (Wildman–Crippen MR) is 217 cm³/mol. The molecule has 0 aliphatic carbocycles. The number of rotatable bonds is 4. The van der Waals surface area contributed by atoms with E-state index in [-0.39, 0.29) is 0 Å². The first-order valence-corrected chi connectivity index (χ1v) is 17.8. The highest BCUT2D eigenvalue weighted by atomic mass is 16.5. The van der Waals surface area contributed by atoms with E-state index in [1.807, 2.05) is 30.3 Å². The Morgan fingerprint density at radius 3 is 2.04 bits per heavy atom. The van der Waals surface area contributed by atoms with Crippen molar-refractivity contribution in [3.05, 3.63) is 182 Å². The van der Waals surface area contributed by atoms with Crippen molar-refractivity contribution in [1.82, 2.24) is 14.5 Å². The van der Waals surface area contributed by atoms with Crippen LogP contribution in [-0.2, 0) is 0 Å². The summed E-state index contributed by atoms with van der Waals surface area (Å²) in [7, 11) is 0. The second-order valence-electron chi connectivity index (χ2n) is 13.5. The average Bonchev–Trinajstić information content (AvgIpc) is 3.56. The van der Waals surface area contributed by atoms with Gasteiger partial charge in [0, 0.05) is 27.4 Å². The quantitative estimate of drug-likeness (QED) is 0.186. The predicted octanol–water partition coefficient (Wildman–Crippen LogP) is 12.8. The van der Waals surface area contributed by atoms with Gasteiger partial charge in [-0.25, -0.2) is 9.97 Å². The van der Waals surface area contributed by atoms with Crippen molar-refractivity contribution in [2.24, 2.45) is 0 Å². The fourth-order valence-corrected chi connectivity index (χ4v) is 7.88. The molecule has 1 aliphatic heterocycles. The van der Waals surface area contributed by atoms with E-state index in [4.69, 9.17) is 14.7 Å². The van der Waals surface area contributed by atoms with Crippen LogP contribution in [0.1, 0.15) is 0 Å². The highest BCUT2D eigenvalue weighted by molar-refractivity contribution is 6.10. The molecule has 5 heteroatoms. The minimum Gasteiger partial charge on any atom is -0.453 e. The van der Waals surface area contributed by atoms with Crippen molar-refractivity contribution in [3.8, 4) is 39.8 Å². The molecule has 0 N–H and O–H groups in total. The van der Waals surface area contributed by atoms with Crippen LogP contribution in [0.15, 0.2) is 182 Å². The molecule has 8 aromatic carbocycles. The van der Waals surface area contributed by atoms with Gasteiger partial charge in [0.05, 0.1) is 33.6 Å². The molecule has 53 heavy (non-hydrogen) atoms. The lowest BCUT2D eigenvalue weighted by molar-refractivity contribution is 0.477. The number of hydrogen-bond acceptors (Lipinski definition) is 4. The number of hydrogen-bond donors (Lipinski definition) is 0. The summed E-state index contributed by atoms with van der Waals surface area (Å²) in [6.45, 7) is 0. The van der Waals surface area contributed by atoms with Crippen molar-refractivity contribution in [2.45, 2.75) is 0 Å². The van der Waals surface area contributed by atoms with Crippen molar-refractivity contribution >= 4 is 60.5 Å².